The van der Waals surface area contributed by atoms with Crippen LogP contribution in [-0.4, -0.2) is 33.0 Å². The molecule has 1 aromatic carbocycles. The summed E-state index contributed by atoms with van der Waals surface area (Å²) in [5.74, 6) is 0.384. The lowest BCUT2D eigenvalue weighted by Crippen LogP contribution is -2.39. The third-order valence-electron chi connectivity index (χ3n) is 4.45. The van der Waals surface area contributed by atoms with Crippen LogP contribution in [0.15, 0.2) is 30.5 Å². The van der Waals surface area contributed by atoms with Crippen molar-refractivity contribution in [2.45, 2.75) is 33.2 Å². The van der Waals surface area contributed by atoms with Crippen LogP contribution in [0.5, 0.6) is 0 Å². The SMILES string of the molecule is Cc1cc(C)nc(N[C@H](C)C(=O)NCCc2cn(C)c3ccc(Cl)cc23)n1. The van der Waals surface area contributed by atoms with Gasteiger partial charge >= 0.3 is 0 Å². The van der Waals surface area contributed by atoms with Gasteiger partial charge in [0.2, 0.25) is 11.9 Å². The van der Waals surface area contributed by atoms with Gasteiger partial charge in [-0.1, -0.05) is 11.6 Å². The third-order valence-corrected chi connectivity index (χ3v) is 4.68. The van der Waals surface area contributed by atoms with E-state index in [4.69, 9.17) is 11.6 Å². The minimum atomic E-state index is -0.423. The molecule has 0 aliphatic rings. The van der Waals surface area contributed by atoms with E-state index in [1.807, 2.05) is 45.2 Å². The number of hydrogen-bond acceptors (Lipinski definition) is 4. The Morgan fingerprint density at radius 2 is 1.93 bits per heavy atom. The molecule has 0 unspecified atom stereocenters. The highest BCUT2D eigenvalue weighted by atomic mass is 35.5. The number of anilines is 1. The molecule has 1 amide bonds. The molecule has 0 spiro atoms. The predicted octanol–water partition coefficient (Wildman–Crippen LogP) is 3.40. The topological polar surface area (TPSA) is 71.8 Å². The number of carbonyl (C=O) groups excluding carboxylic acids is 1. The number of hydrogen-bond donors (Lipinski definition) is 2. The Morgan fingerprint density at radius 3 is 2.63 bits per heavy atom. The van der Waals surface area contributed by atoms with Crippen molar-refractivity contribution in [2.24, 2.45) is 7.05 Å². The van der Waals surface area contributed by atoms with E-state index in [9.17, 15) is 4.79 Å². The molecular formula is C20H24ClN5O. The molecule has 0 fully saturated rings. The Hall–Kier alpha value is -2.60. The fourth-order valence-electron chi connectivity index (χ4n) is 3.17. The Labute approximate surface area is 164 Å². The summed E-state index contributed by atoms with van der Waals surface area (Å²) in [5.41, 5.74) is 4.02. The molecule has 2 N–H and O–H groups in total. The smallest absolute Gasteiger partial charge is 0.242 e. The van der Waals surface area contributed by atoms with Crippen LogP contribution in [0.25, 0.3) is 10.9 Å². The average Bonchev–Trinajstić information content (AvgIpc) is 2.89. The van der Waals surface area contributed by atoms with Crippen molar-refractivity contribution in [3.05, 3.63) is 52.4 Å². The molecule has 2 heterocycles. The van der Waals surface area contributed by atoms with Crippen LogP contribution in [-0.2, 0) is 18.3 Å². The minimum absolute atomic E-state index is 0.0870. The van der Waals surface area contributed by atoms with E-state index >= 15 is 0 Å². The predicted molar refractivity (Wildman–Crippen MR) is 109 cm³/mol. The zero-order valence-electron chi connectivity index (χ0n) is 16.0. The minimum Gasteiger partial charge on any atom is -0.354 e. The lowest BCUT2D eigenvalue weighted by Gasteiger charge is -2.14. The van der Waals surface area contributed by atoms with Crippen molar-refractivity contribution < 1.29 is 4.79 Å². The summed E-state index contributed by atoms with van der Waals surface area (Å²) in [7, 11) is 2.01. The maximum Gasteiger partial charge on any atom is 0.242 e. The molecule has 0 bridgehead atoms. The molecule has 6 nitrogen and oxygen atoms in total. The van der Waals surface area contributed by atoms with E-state index in [2.05, 4.69) is 31.4 Å². The van der Waals surface area contributed by atoms with Gasteiger partial charge in [0, 0.05) is 47.1 Å². The summed E-state index contributed by atoms with van der Waals surface area (Å²) in [4.78, 5) is 21.0. The van der Waals surface area contributed by atoms with Gasteiger partial charge in [-0.15, -0.1) is 0 Å². The third kappa shape index (κ3) is 4.57. The van der Waals surface area contributed by atoms with E-state index in [0.29, 0.717) is 17.5 Å². The first-order valence-corrected chi connectivity index (χ1v) is 9.31. The molecule has 0 aliphatic heterocycles. The van der Waals surface area contributed by atoms with Crippen LogP contribution in [0, 0.1) is 13.8 Å². The summed E-state index contributed by atoms with van der Waals surface area (Å²) < 4.78 is 2.07. The van der Waals surface area contributed by atoms with E-state index in [0.717, 1.165) is 34.3 Å². The molecular weight excluding hydrogens is 362 g/mol. The highest BCUT2D eigenvalue weighted by Crippen LogP contribution is 2.24. The van der Waals surface area contributed by atoms with Crippen LogP contribution in [0.4, 0.5) is 5.95 Å². The number of amides is 1. The number of nitrogens with zero attached hydrogens (tertiary/aromatic N) is 3. The molecule has 0 radical (unpaired) electrons. The highest BCUT2D eigenvalue weighted by Gasteiger charge is 2.14. The first kappa shape index (κ1) is 19.2. The van der Waals surface area contributed by atoms with Gasteiger partial charge in [0.05, 0.1) is 0 Å². The Kier molecular flexibility index (Phi) is 5.65. The molecule has 0 aliphatic carbocycles. The van der Waals surface area contributed by atoms with Gasteiger partial charge in [0.25, 0.3) is 0 Å². The normalized spacial score (nSPS) is 12.2. The summed E-state index contributed by atoms with van der Waals surface area (Å²) in [5, 5.41) is 7.86. The first-order valence-electron chi connectivity index (χ1n) is 8.93. The molecule has 27 heavy (non-hydrogen) atoms. The van der Waals surface area contributed by atoms with Crippen LogP contribution < -0.4 is 10.6 Å². The lowest BCUT2D eigenvalue weighted by molar-refractivity contribution is -0.121. The molecule has 0 saturated carbocycles. The Bertz CT molecular complexity index is 962. The number of aromatic nitrogens is 3. The van der Waals surface area contributed by atoms with Crippen molar-refractivity contribution in [3.8, 4) is 0 Å². The number of carbonyl (C=O) groups is 1. The molecule has 7 heteroatoms. The van der Waals surface area contributed by atoms with Gasteiger partial charge in [-0.05, 0) is 57.0 Å². The van der Waals surface area contributed by atoms with Crippen LogP contribution in [0.1, 0.15) is 23.9 Å². The zero-order valence-corrected chi connectivity index (χ0v) is 16.8. The van der Waals surface area contributed by atoms with Crippen LogP contribution >= 0.6 is 11.6 Å². The number of nitrogens with one attached hydrogen (secondary N) is 2. The van der Waals surface area contributed by atoms with Crippen molar-refractivity contribution in [1.82, 2.24) is 19.9 Å². The average molecular weight is 386 g/mol. The van der Waals surface area contributed by atoms with Gasteiger partial charge in [0.15, 0.2) is 0 Å². The zero-order chi connectivity index (χ0) is 19.6. The van der Waals surface area contributed by atoms with Crippen LogP contribution in [0.2, 0.25) is 5.02 Å². The number of benzene rings is 1. The van der Waals surface area contributed by atoms with Crippen molar-refractivity contribution in [2.75, 3.05) is 11.9 Å². The maximum atomic E-state index is 12.4. The highest BCUT2D eigenvalue weighted by molar-refractivity contribution is 6.31. The largest absolute Gasteiger partial charge is 0.354 e. The molecule has 3 aromatic rings. The van der Waals surface area contributed by atoms with Crippen LogP contribution in [0.3, 0.4) is 0 Å². The molecule has 142 valence electrons. The fourth-order valence-corrected chi connectivity index (χ4v) is 3.34. The summed E-state index contributed by atoms with van der Waals surface area (Å²) >= 11 is 6.13. The quantitative estimate of drug-likeness (QED) is 0.682. The number of fused-ring (bicyclic) bond motifs is 1. The van der Waals surface area contributed by atoms with Gasteiger partial charge < -0.3 is 15.2 Å². The maximum absolute atomic E-state index is 12.4. The fraction of sp³-hybridized carbons (Fsp3) is 0.350. The van der Waals surface area contributed by atoms with Crippen molar-refractivity contribution in [3.63, 3.8) is 0 Å². The monoisotopic (exact) mass is 385 g/mol. The second-order valence-corrected chi connectivity index (χ2v) is 7.24. The van der Waals surface area contributed by atoms with E-state index in [-0.39, 0.29) is 5.91 Å². The first-order chi connectivity index (χ1) is 12.8. The summed E-state index contributed by atoms with van der Waals surface area (Å²) in [6.45, 7) is 6.15. The van der Waals surface area contributed by atoms with E-state index in [1.54, 1.807) is 6.92 Å². The summed E-state index contributed by atoms with van der Waals surface area (Å²) in [6, 6.07) is 7.34. The van der Waals surface area contributed by atoms with Gasteiger partial charge in [-0.2, -0.15) is 0 Å². The second kappa shape index (κ2) is 7.96. The Morgan fingerprint density at radius 1 is 1.22 bits per heavy atom. The Balaban J connectivity index is 1.58. The molecule has 3 rings (SSSR count). The molecule has 0 saturated heterocycles. The number of aryl methyl sites for hydroxylation is 3. The van der Waals surface area contributed by atoms with Gasteiger partial charge in [-0.3, -0.25) is 4.79 Å². The van der Waals surface area contributed by atoms with Crippen molar-refractivity contribution >= 4 is 34.4 Å². The van der Waals surface area contributed by atoms with Gasteiger partial charge in [-0.25, -0.2) is 9.97 Å². The lowest BCUT2D eigenvalue weighted by atomic mass is 10.1. The van der Waals surface area contributed by atoms with Crippen molar-refractivity contribution in [1.29, 1.82) is 0 Å². The molecule has 2 aromatic heterocycles. The summed E-state index contributed by atoms with van der Waals surface area (Å²) in [6.07, 6.45) is 2.81. The number of halogens is 1. The second-order valence-electron chi connectivity index (χ2n) is 6.81. The number of rotatable bonds is 6. The van der Waals surface area contributed by atoms with E-state index in [1.165, 1.54) is 0 Å². The standard InChI is InChI=1S/C20H24ClN5O/c1-12-9-13(2)24-20(23-12)25-14(3)19(27)22-8-7-15-11-26(4)18-6-5-16(21)10-17(15)18/h5-6,9-11,14H,7-8H2,1-4H3,(H,22,27)(H,23,24,25)/t14-/m1/s1. The molecule has 1 atom stereocenters. The van der Waals surface area contributed by atoms with E-state index < -0.39 is 6.04 Å². The van der Waals surface area contributed by atoms with Gasteiger partial charge in [0.1, 0.15) is 6.04 Å².